The minimum atomic E-state index is -1.12. The van der Waals surface area contributed by atoms with Crippen LogP contribution in [0.25, 0.3) is 55.1 Å². The number of nitrogens with zero attached hydrogens (tertiary/aromatic N) is 8. The maximum atomic E-state index is 13.7. The van der Waals surface area contributed by atoms with Gasteiger partial charge in [-0.3, -0.25) is 14.8 Å². The summed E-state index contributed by atoms with van der Waals surface area (Å²) in [6, 6.07) is 15.7. The van der Waals surface area contributed by atoms with Gasteiger partial charge in [-0.2, -0.15) is 5.10 Å². The van der Waals surface area contributed by atoms with Crippen LogP contribution in [0.3, 0.4) is 0 Å². The molecule has 8 heterocycles. The number of aromatic nitrogens is 8. The molecule has 8 aromatic rings. The Morgan fingerprint density at radius 2 is 1.50 bits per heavy atom. The molecule has 0 saturated heterocycles. The van der Waals surface area contributed by atoms with Gasteiger partial charge in [0, 0.05) is 70.6 Å². The average Bonchev–Trinajstić information content (AvgIpc) is 3.55. The molecule has 0 aromatic carbocycles. The summed E-state index contributed by atoms with van der Waals surface area (Å²) in [6.07, 6.45) is 9.10. The second-order valence-electron chi connectivity index (χ2n) is 15.0. The fourth-order valence-corrected chi connectivity index (χ4v) is 7.69. The number of amides is 1. The van der Waals surface area contributed by atoms with Crippen molar-refractivity contribution >= 4 is 50.1 Å². The van der Waals surface area contributed by atoms with E-state index in [1.807, 2.05) is 72.7 Å². The summed E-state index contributed by atoms with van der Waals surface area (Å²) in [7, 11) is 1.85. The molecule has 1 aliphatic rings. The van der Waals surface area contributed by atoms with Gasteiger partial charge >= 0.3 is 0 Å². The van der Waals surface area contributed by atoms with E-state index < -0.39 is 24.3 Å². The summed E-state index contributed by atoms with van der Waals surface area (Å²) in [5.41, 5.74) is 8.42. The number of carbonyl (C=O) groups excluding carboxylic acids is 1. The summed E-state index contributed by atoms with van der Waals surface area (Å²) >= 11 is 0. The smallest absolute Gasteiger partial charge is 0.234 e. The number of aliphatic hydroxyl groups is 1. The minimum absolute atomic E-state index is 0.223. The first-order chi connectivity index (χ1) is 28.1. The van der Waals surface area contributed by atoms with Crippen LogP contribution in [0.2, 0.25) is 0 Å². The number of hydrogen-bond donors (Lipinski definition) is 3. The van der Waals surface area contributed by atoms with Crippen molar-refractivity contribution in [2.75, 3.05) is 17.7 Å². The molecular formula is C44H43FN10O3. The molecular weight excluding hydrogens is 736 g/mol. The summed E-state index contributed by atoms with van der Waals surface area (Å²) < 4.78 is 24.2. The lowest BCUT2D eigenvalue weighted by molar-refractivity contribution is -0.117. The SMILES string of the molecule is CCCC(Oc1cc2c3cc(NC(=O)[C@H]4C[C@H]4F)ncc3cc(-c3cnc([C@H](O)CC)cc3C)n2n1)c1cc(C)c(-c2cc3cnc(NC)cc3c3ccnn23)cn1. The van der Waals surface area contributed by atoms with E-state index in [4.69, 9.17) is 14.8 Å². The van der Waals surface area contributed by atoms with E-state index in [9.17, 15) is 14.3 Å². The van der Waals surface area contributed by atoms with Crippen LogP contribution in [0.4, 0.5) is 16.0 Å². The Bertz CT molecular complexity index is 2890. The highest BCUT2D eigenvalue weighted by molar-refractivity contribution is 6.02. The zero-order valence-electron chi connectivity index (χ0n) is 32.9. The molecule has 3 N–H and O–H groups in total. The third kappa shape index (κ3) is 6.62. The molecule has 14 heteroatoms. The molecule has 1 saturated carbocycles. The van der Waals surface area contributed by atoms with Gasteiger partial charge < -0.3 is 20.5 Å². The van der Waals surface area contributed by atoms with Crippen molar-refractivity contribution in [2.24, 2.45) is 5.92 Å². The first-order valence-electron chi connectivity index (χ1n) is 19.6. The first-order valence-corrected chi connectivity index (χ1v) is 19.6. The second-order valence-corrected chi connectivity index (χ2v) is 15.0. The van der Waals surface area contributed by atoms with E-state index in [0.717, 1.165) is 84.2 Å². The number of anilines is 2. The third-order valence-electron chi connectivity index (χ3n) is 11.0. The van der Waals surface area contributed by atoms with Gasteiger partial charge in [-0.15, -0.1) is 5.10 Å². The molecule has 13 nitrogen and oxygen atoms in total. The number of aliphatic hydroxyl groups excluding tert-OH is 1. The quantitative estimate of drug-likeness (QED) is 0.110. The lowest BCUT2D eigenvalue weighted by Gasteiger charge is -2.18. The van der Waals surface area contributed by atoms with E-state index in [1.54, 1.807) is 24.7 Å². The topological polar surface area (TPSA) is 157 Å². The number of aryl methyl sites for hydroxylation is 2. The van der Waals surface area contributed by atoms with Gasteiger partial charge in [0.1, 0.15) is 23.9 Å². The van der Waals surface area contributed by atoms with Crippen molar-refractivity contribution in [1.29, 1.82) is 0 Å². The minimum Gasteiger partial charge on any atom is -0.467 e. The van der Waals surface area contributed by atoms with E-state index in [-0.39, 0.29) is 12.3 Å². The summed E-state index contributed by atoms with van der Waals surface area (Å²) in [5, 5.41) is 29.7. The summed E-state index contributed by atoms with van der Waals surface area (Å²) in [4.78, 5) is 31.3. The molecule has 58 heavy (non-hydrogen) atoms. The lowest BCUT2D eigenvalue weighted by Crippen LogP contribution is -2.15. The number of hydrogen-bond acceptors (Lipinski definition) is 10. The van der Waals surface area contributed by atoms with E-state index in [0.29, 0.717) is 30.2 Å². The van der Waals surface area contributed by atoms with Crippen LogP contribution in [-0.2, 0) is 4.79 Å². The maximum Gasteiger partial charge on any atom is 0.234 e. The molecule has 294 valence electrons. The summed E-state index contributed by atoms with van der Waals surface area (Å²) in [5.74, 6) is 0.470. The Balaban J connectivity index is 1.11. The van der Waals surface area contributed by atoms with Crippen molar-refractivity contribution in [3.8, 4) is 28.4 Å². The van der Waals surface area contributed by atoms with Gasteiger partial charge in [0.15, 0.2) is 0 Å². The lowest BCUT2D eigenvalue weighted by atomic mass is 10.0. The highest BCUT2D eigenvalue weighted by Gasteiger charge is 2.43. The highest BCUT2D eigenvalue weighted by Crippen LogP contribution is 2.38. The van der Waals surface area contributed by atoms with Crippen LogP contribution in [0.15, 0.2) is 79.5 Å². The molecule has 0 spiro atoms. The predicted octanol–water partition coefficient (Wildman–Crippen LogP) is 8.52. The van der Waals surface area contributed by atoms with Gasteiger partial charge in [0.2, 0.25) is 11.8 Å². The van der Waals surface area contributed by atoms with Crippen LogP contribution in [0.1, 0.15) is 74.3 Å². The maximum absolute atomic E-state index is 13.7. The zero-order chi connectivity index (χ0) is 40.2. The predicted molar refractivity (Wildman–Crippen MR) is 222 cm³/mol. The number of rotatable bonds is 12. The molecule has 4 atom stereocenters. The van der Waals surface area contributed by atoms with E-state index >= 15 is 0 Å². The van der Waals surface area contributed by atoms with Gasteiger partial charge in [-0.1, -0.05) is 20.3 Å². The fraction of sp³-hybridized carbons (Fsp3) is 0.295. The van der Waals surface area contributed by atoms with Gasteiger partial charge in [0.05, 0.1) is 52.0 Å². The molecule has 0 bridgehead atoms. The molecule has 1 aliphatic carbocycles. The molecule has 8 aromatic heterocycles. The number of fused-ring (bicyclic) bond motifs is 6. The van der Waals surface area contributed by atoms with Crippen LogP contribution >= 0.6 is 0 Å². The van der Waals surface area contributed by atoms with Crippen LogP contribution in [0.5, 0.6) is 5.88 Å². The molecule has 1 fully saturated rings. The number of alkyl halides is 1. The Hall–Kier alpha value is -6.54. The molecule has 0 radical (unpaired) electrons. The van der Waals surface area contributed by atoms with Gasteiger partial charge in [-0.25, -0.2) is 23.4 Å². The number of carbonyl (C=O) groups is 1. The summed E-state index contributed by atoms with van der Waals surface area (Å²) in [6.45, 7) is 8.06. The van der Waals surface area contributed by atoms with Crippen molar-refractivity contribution in [3.63, 3.8) is 0 Å². The molecule has 1 amide bonds. The normalized spacial score (nSPS) is 16.3. The van der Waals surface area contributed by atoms with Crippen molar-refractivity contribution in [2.45, 2.75) is 71.8 Å². The Labute approximate surface area is 333 Å². The monoisotopic (exact) mass is 778 g/mol. The number of nitrogens with one attached hydrogen (secondary N) is 2. The van der Waals surface area contributed by atoms with Crippen molar-refractivity contribution in [1.82, 2.24) is 39.2 Å². The van der Waals surface area contributed by atoms with Gasteiger partial charge in [-0.05, 0) is 86.7 Å². The van der Waals surface area contributed by atoms with E-state index in [1.165, 1.54) is 0 Å². The van der Waals surface area contributed by atoms with Gasteiger partial charge in [0.25, 0.3) is 0 Å². The Morgan fingerprint density at radius 3 is 2.16 bits per heavy atom. The van der Waals surface area contributed by atoms with Crippen LogP contribution in [-0.4, -0.2) is 63.4 Å². The zero-order valence-corrected chi connectivity index (χ0v) is 32.9. The number of pyridine rings is 6. The number of ether oxygens (including phenoxy) is 1. The second kappa shape index (κ2) is 14.8. The highest BCUT2D eigenvalue weighted by atomic mass is 19.1. The van der Waals surface area contributed by atoms with E-state index in [2.05, 4.69) is 56.7 Å². The van der Waals surface area contributed by atoms with Crippen molar-refractivity contribution < 1.29 is 19.0 Å². The number of halogens is 1. The average molecular weight is 779 g/mol. The molecule has 1 unspecified atom stereocenters. The fourth-order valence-electron chi connectivity index (χ4n) is 7.69. The molecule has 0 aliphatic heterocycles. The standard InChI is InChI=1S/C44H43FN10O3/c1-6-8-40(34-12-24(4)30(22-48-34)36-13-25-19-49-41(46-5)16-27(25)35-9-10-51-54(35)36)58-43-18-38-28-17-42(52-44(57)29-15-32(29)45)50-20-26(28)14-37(55(38)53-43)31-21-47-33(11-23(31)3)39(56)7-2/h9-14,16-22,29,32,39-40,56H,6-8,15H2,1-5H3,(H,46,49)(H,50,52,57)/t29-,32+,39+,40?/m0/s1. The van der Waals surface area contributed by atoms with Crippen LogP contribution in [0, 0.1) is 19.8 Å². The Kier molecular flexibility index (Phi) is 9.43. The Morgan fingerprint density at radius 1 is 0.862 bits per heavy atom. The first kappa shape index (κ1) is 37.1. The largest absolute Gasteiger partial charge is 0.467 e. The van der Waals surface area contributed by atoms with Crippen LogP contribution < -0.4 is 15.4 Å². The molecule has 9 rings (SSSR count). The van der Waals surface area contributed by atoms with Crippen molar-refractivity contribution in [3.05, 3.63) is 102 Å². The third-order valence-corrected chi connectivity index (χ3v) is 11.0.